The standard InChI is InChI=1S/C42H55FN2O7/c1-3-22-48-32-18-19-37-35(26-32)40-33(12-6-9-21-47)30(11-5-8-20-46)25-34-36(45-52-39-13-7-10-24-49-39)27-38(42(51-37,41(34)40)50-23-4-2)44-28-29-14-16-31(43)17-15-29/h3-4,14-19,25-26,30,33,38-41,44,46-47H,1-2,5-13,20-24,27-28H2/b45-36+/t30-,33+,38-,39?,40+,41+,42+/m0/s1. The van der Waals surface area contributed by atoms with Crippen molar-refractivity contribution >= 4 is 5.71 Å². The monoisotopic (exact) mass is 718 g/mol. The number of aliphatic hydroxyl groups excluding tert-OH is 2. The van der Waals surface area contributed by atoms with Gasteiger partial charge in [-0.2, -0.15) is 0 Å². The summed E-state index contributed by atoms with van der Waals surface area (Å²) >= 11 is 0. The number of hydrogen-bond acceptors (Lipinski definition) is 9. The molecule has 0 bridgehead atoms. The lowest BCUT2D eigenvalue weighted by Crippen LogP contribution is -2.68. The number of hydrogen-bond donors (Lipinski definition) is 3. The lowest BCUT2D eigenvalue weighted by atomic mass is 9.55. The first-order chi connectivity index (χ1) is 25.5. The highest BCUT2D eigenvalue weighted by atomic mass is 19.1. The van der Waals surface area contributed by atoms with Gasteiger partial charge in [0.2, 0.25) is 12.1 Å². The van der Waals surface area contributed by atoms with E-state index in [1.807, 2.05) is 12.1 Å². The van der Waals surface area contributed by atoms with Crippen LogP contribution in [0.2, 0.25) is 0 Å². The predicted molar refractivity (Wildman–Crippen MR) is 199 cm³/mol. The van der Waals surface area contributed by atoms with Crippen LogP contribution < -0.4 is 14.8 Å². The second-order valence-corrected chi connectivity index (χ2v) is 14.3. The zero-order valence-electron chi connectivity index (χ0n) is 30.2. The number of nitrogens with one attached hydrogen (secondary N) is 1. The van der Waals surface area contributed by atoms with Crippen LogP contribution in [0.25, 0.3) is 0 Å². The Kier molecular flexibility index (Phi) is 13.6. The minimum atomic E-state index is -1.16. The number of aliphatic hydroxyl groups is 2. The molecule has 282 valence electrons. The molecule has 10 heteroatoms. The molecule has 2 fully saturated rings. The van der Waals surface area contributed by atoms with Crippen molar-refractivity contribution in [2.75, 3.05) is 33.0 Å². The second-order valence-electron chi connectivity index (χ2n) is 14.3. The van der Waals surface area contributed by atoms with Crippen molar-refractivity contribution in [2.45, 2.75) is 94.8 Å². The van der Waals surface area contributed by atoms with Crippen LogP contribution in [0.5, 0.6) is 11.5 Å². The minimum Gasteiger partial charge on any atom is -0.490 e. The lowest BCUT2D eigenvalue weighted by molar-refractivity contribution is -0.242. The van der Waals surface area contributed by atoms with Crippen molar-refractivity contribution in [2.24, 2.45) is 22.9 Å². The summed E-state index contributed by atoms with van der Waals surface area (Å²) in [6, 6.07) is 12.1. The molecule has 1 saturated carbocycles. The van der Waals surface area contributed by atoms with Gasteiger partial charge in [0.1, 0.15) is 23.9 Å². The van der Waals surface area contributed by atoms with E-state index in [4.69, 9.17) is 28.9 Å². The van der Waals surface area contributed by atoms with E-state index in [1.165, 1.54) is 12.1 Å². The number of unbranched alkanes of at least 4 members (excludes halogenated alkanes) is 2. The van der Waals surface area contributed by atoms with Gasteiger partial charge in [-0.25, -0.2) is 4.39 Å². The van der Waals surface area contributed by atoms with E-state index in [-0.39, 0.29) is 55.4 Å². The van der Waals surface area contributed by atoms with Crippen LogP contribution in [0.3, 0.4) is 0 Å². The second kappa shape index (κ2) is 18.5. The van der Waals surface area contributed by atoms with Crippen molar-refractivity contribution in [3.05, 3.63) is 96.4 Å². The Balaban J connectivity index is 1.51. The highest BCUT2D eigenvalue weighted by molar-refractivity contribution is 6.02. The fraction of sp³-hybridized carbons (Fsp3) is 0.548. The lowest BCUT2D eigenvalue weighted by Gasteiger charge is -2.58. The number of nitrogens with zero attached hydrogens (tertiary/aromatic N) is 1. The molecule has 2 aromatic carbocycles. The summed E-state index contributed by atoms with van der Waals surface area (Å²) in [7, 11) is 0. The fourth-order valence-corrected chi connectivity index (χ4v) is 8.57. The average molecular weight is 719 g/mol. The van der Waals surface area contributed by atoms with Gasteiger partial charge in [-0.1, -0.05) is 54.9 Å². The van der Waals surface area contributed by atoms with E-state index < -0.39 is 12.1 Å². The summed E-state index contributed by atoms with van der Waals surface area (Å²) < 4.78 is 40.0. The Morgan fingerprint density at radius 1 is 0.981 bits per heavy atom. The van der Waals surface area contributed by atoms with Gasteiger partial charge in [0.05, 0.1) is 30.9 Å². The van der Waals surface area contributed by atoms with E-state index in [0.29, 0.717) is 32.6 Å². The average Bonchev–Trinajstić information content (AvgIpc) is 3.17. The molecule has 2 aromatic rings. The third kappa shape index (κ3) is 8.63. The molecular formula is C42H55FN2O7. The molecule has 0 spiro atoms. The molecular weight excluding hydrogens is 663 g/mol. The number of allylic oxidation sites excluding steroid dienone is 1. The van der Waals surface area contributed by atoms with Crippen LogP contribution in [-0.4, -0.2) is 67.1 Å². The molecule has 2 aliphatic heterocycles. The van der Waals surface area contributed by atoms with Crippen LogP contribution in [0.4, 0.5) is 4.39 Å². The van der Waals surface area contributed by atoms with Crippen LogP contribution >= 0.6 is 0 Å². The third-order valence-corrected chi connectivity index (χ3v) is 10.9. The van der Waals surface area contributed by atoms with Crippen molar-refractivity contribution in [3.63, 3.8) is 0 Å². The van der Waals surface area contributed by atoms with E-state index >= 15 is 0 Å². The van der Waals surface area contributed by atoms with Gasteiger partial charge in [-0.3, -0.25) is 0 Å². The maximum Gasteiger partial charge on any atom is 0.234 e. The Hall–Kier alpha value is -3.54. The van der Waals surface area contributed by atoms with E-state index in [1.54, 1.807) is 24.3 Å². The molecule has 0 radical (unpaired) electrons. The van der Waals surface area contributed by atoms with Gasteiger partial charge in [-0.05, 0) is 91.8 Å². The maximum absolute atomic E-state index is 13.9. The highest BCUT2D eigenvalue weighted by Gasteiger charge is 2.63. The SMILES string of the molecule is C=CCOc1ccc2c(c1)[C@H]1[C@H](CCCCO)[C@@H](CCCCO)C=C3/C(=N/OC4CCCCO4)C[C@H](NCc4ccc(F)cc4)[C@@](OCC=C)(O2)[C@H]31. The van der Waals surface area contributed by atoms with E-state index in [2.05, 4.69) is 30.6 Å². The predicted octanol–water partition coefficient (Wildman–Crippen LogP) is 7.34. The zero-order chi connectivity index (χ0) is 36.3. The van der Waals surface area contributed by atoms with E-state index in [9.17, 15) is 14.6 Å². The molecule has 7 atom stereocenters. The smallest absolute Gasteiger partial charge is 0.234 e. The van der Waals surface area contributed by atoms with Gasteiger partial charge < -0.3 is 39.3 Å². The number of rotatable bonds is 19. The van der Waals surface area contributed by atoms with Crippen LogP contribution in [0, 0.1) is 23.6 Å². The van der Waals surface area contributed by atoms with Crippen molar-refractivity contribution < 1.29 is 38.4 Å². The summed E-state index contributed by atoms with van der Waals surface area (Å²) in [6.07, 6.45) is 13.7. The molecule has 1 unspecified atom stereocenters. The molecule has 0 amide bonds. The summed E-state index contributed by atoms with van der Waals surface area (Å²) in [5.74, 6) is 0.00388. The third-order valence-electron chi connectivity index (χ3n) is 10.9. The normalized spacial score (nSPS) is 28.6. The first kappa shape index (κ1) is 38.2. The molecule has 52 heavy (non-hydrogen) atoms. The van der Waals surface area contributed by atoms with Crippen LogP contribution in [-0.2, 0) is 20.9 Å². The van der Waals surface area contributed by atoms with Gasteiger partial charge in [0, 0.05) is 44.1 Å². The molecule has 9 nitrogen and oxygen atoms in total. The number of benzene rings is 2. The molecule has 0 aromatic heterocycles. The van der Waals surface area contributed by atoms with Gasteiger partial charge in [0.15, 0.2) is 0 Å². The van der Waals surface area contributed by atoms with E-state index in [0.717, 1.165) is 85.3 Å². The summed E-state index contributed by atoms with van der Waals surface area (Å²) in [5.41, 5.74) is 3.84. The topological polar surface area (TPSA) is 111 Å². The van der Waals surface area contributed by atoms with Crippen molar-refractivity contribution in [3.8, 4) is 11.5 Å². The summed E-state index contributed by atoms with van der Waals surface area (Å²) in [6.45, 7) is 9.85. The van der Waals surface area contributed by atoms with Gasteiger partial charge in [0.25, 0.3) is 0 Å². The van der Waals surface area contributed by atoms with Crippen molar-refractivity contribution in [1.82, 2.24) is 5.32 Å². The molecule has 3 N–H and O–H groups in total. The fourth-order valence-electron chi connectivity index (χ4n) is 8.57. The molecule has 2 heterocycles. The Morgan fingerprint density at radius 3 is 2.50 bits per heavy atom. The van der Waals surface area contributed by atoms with Gasteiger partial charge in [-0.15, -0.1) is 6.58 Å². The first-order valence-electron chi connectivity index (χ1n) is 19.1. The highest BCUT2D eigenvalue weighted by Crippen LogP contribution is 2.61. The Morgan fingerprint density at radius 2 is 1.77 bits per heavy atom. The molecule has 4 aliphatic rings. The van der Waals surface area contributed by atoms with Crippen molar-refractivity contribution in [1.29, 1.82) is 0 Å². The summed E-state index contributed by atoms with van der Waals surface area (Å²) in [4.78, 5) is 6.17. The number of fused-ring (bicyclic) bond motifs is 2. The zero-order valence-corrected chi connectivity index (χ0v) is 30.2. The van der Waals surface area contributed by atoms with Gasteiger partial charge >= 0.3 is 0 Å². The largest absolute Gasteiger partial charge is 0.490 e. The Bertz CT molecular complexity index is 1540. The van der Waals surface area contributed by atoms with Crippen LogP contribution in [0.15, 0.2) is 84.6 Å². The Labute approximate surface area is 307 Å². The first-order valence-corrected chi connectivity index (χ1v) is 19.1. The number of ether oxygens (including phenoxy) is 4. The number of oxime groups is 1. The maximum atomic E-state index is 13.9. The summed E-state index contributed by atoms with van der Waals surface area (Å²) in [5, 5.41) is 28.2. The molecule has 6 rings (SSSR count). The molecule has 1 saturated heterocycles. The minimum absolute atomic E-state index is 0.0646. The quantitative estimate of drug-likeness (QED) is 0.0787. The molecule has 2 aliphatic carbocycles. The number of halogens is 1. The van der Waals surface area contributed by atoms with Crippen LogP contribution in [0.1, 0.15) is 81.3 Å².